The average Bonchev–Trinajstić information content (AvgIpc) is 2.81. The fraction of sp³-hybridized carbons (Fsp3) is 0.0714. The molecule has 0 heterocycles. The zero-order chi connectivity index (χ0) is 19.7. The summed E-state index contributed by atoms with van der Waals surface area (Å²) in [4.78, 5) is 2.38. The van der Waals surface area contributed by atoms with Gasteiger partial charge in [0.05, 0.1) is 0 Å². The SMILES string of the molecule is C(CCN(c1ccccc1)c1ccccc1)=C(c1ccccc1)c1ccccc1. The number of benzene rings is 4. The molecule has 0 fully saturated rings. The zero-order valence-corrected chi connectivity index (χ0v) is 16.5. The number of hydrogen-bond acceptors (Lipinski definition) is 1. The van der Waals surface area contributed by atoms with Crippen LogP contribution >= 0.6 is 0 Å². The molecule has 4 aromatic rings. The highest BCUT2D eigenvalue weighted by molar-refractivity contribution is 5.79. The molecular formula is C28H25N. The molecule has 0 aliphatic heterocycles. The van der Waals surface area contributed by atoms with E-state index in [4.69, 9.17) is 0 Å². The van der Waals surface area contributed by atoms with Crippen molar-refractivity contribution >= 4 is 16.9 Å². The van der Waals surface area contributed by atoms with Gasteiger partial charge in [-0.05, 0) is 47.4 Å². The summed E-state index contributed by atoms with van der Waals surface area (Å²) in [7, 11) is 0. The minimum absolute atomic E-state index is 0.914. The van der Waals surface area contributed by atoms with Crippen LogP contribution in [0.4, 0.5) is 11.4 Å². The summed E-state index contributed by atoms with van der Waals surface area (Å²) in [6.07, 6.45) is 3.31. The van der Waals surface area contributed by atoms with Crippen LogP contribution in [0.5, 0.6) is 0 Å². The number of anilines is 2. The van der Waals surface area contributed by atoms with Crippen LogP contribution in [0.1, 0.15) is 17.5 Å². The van der Waals surface area contributed by atoms with Crippen LogP contribution in [-0.2, 0) is 0 Å². The first-order chi connectivity index (χ1) is 14.4. The van der Waals surface area contributed by atoms with Crippen LogP contribution in [0, 0.1) is 0 Å². The Kier molecular flexibility index (Phi) is 6.19. The molecule has 0 bridgehead atoms. The molecular weight excluding hydrogens is 350 g/mol. The molecule has 0 aliphatic rings. The summed E-state index contributed by atoms with van der Waals surface area (Å²) >= 11 is 0. The summed E-state index contributed by atoms with van der Waals surface area (Å²) in [6, 6.07) is 42.5. The first-order valence-corrected chi connectivity index (χ1v) is 10.1. The Balaban J connectivity index is 1.62. The monoisotopic (exact) mass is 375 g/mol. The molecule has 4 rings (SSSR count). The number of rotatable bonds is 7. The van der Waals surface area contributed by atoms with Gasteiger partial charge in [0, 0.05) is 17.9 Å². The standard InChI is InChI=1S/C28H25N/c1-5-14-24(15-6-1)28(25-16-7-2-8-17-25)22-13-23-29(26-18-9-3-10-19-26)27-20-11-4-12-21-27/h1-12,14-22H,13,23H2. The van der Waals surface area contributed by atoms with Gasteiger partial charge in [-0.3, -0.25) is 0 Å². The highest BCUT2D eigenvalue weighted by atomic mass is 15.1. The fourth-order valence-electron chi connectivity index (χ4n) is 3.60. The Morgan fingerprint density at radius 2 is 0.897 bits per heavy atom. The first kappa shape index (κ1) is 18.8. The smallest absolute Gasteiger partial charge is 0.0410 e. The fourth-order valence-corrected chi connectivity index (χ4v) is 3.60. The van der Waals surface area contributed by atoms with E-state index in [1.165, 1.54) is 28.1 Å². The van der Waals surface area contributed by atoms with E-state index in [1.807, 2.05) is 0 Å². The van der Waals surface area contributed by atoms with Crippen molar-refractivity contribution in [1.82, 2.24) is 0 Å². The highest BCUT2D eigenvalue weighted by Crippen LogP contribution is 2.27. The third kappa shape index (κ3) is 4.83. The van der Waals surface area contributed by atoms with E-state index in [0.29, 0.717) is 0 Å². The quantitative estimate of drug-likeness (QED) is 0.326. The van der Waals surface area contributed by atoms with E-state index in [1.54, 1.807) is 0 Å². The molecule has 0 atom stereocenters. The van der Waals surface area contributed by atoms with Gasteiger partial charge in [-0.2, -0.15) is 0 Å². The van der Waals surface area contributed by atoms with Crippen molar-refractivity contribution in [3.8, 4) is 0 Å². The average molecular weight is 376 g/mol. The van der Waals surface area contributed by atoms with Gasteiger partial charge in [-0.15, -0.1) is 0 Å². The van der Waals surface area contributed by atoms with Gasteiger partial charge in [0.15, 0.2) is 0 Å². The Bertz CT molecular complexity index is 942. The van der Waals surface area contributed by atoms with Crippen molar-refractivity contribution in [2.24, 2.45) is 0 Å². The summed E-state index contributed by atoms with van der Waals surface area (Å²) in [6.45, 7) is 0.914. The third-order valence-electron chi connectivity index (χ3n) is 5.01. The van der Waals surface area contributed by atoms with Crippen LogP contribution in [0.15, 0.2) is 127 Å². The second-order valence-corrected chi connectivity index (χ2v) is 6.96. The molecule has 4 aromatic carbocycles. The Morgan fingerprint density at radius 1 is 0.517 bits per heavy atom. The highest BCUT2D eigenvalue weighted by Gasteiger charge is 2.09. The van der Waals surface area contributed by atoms with Crippen molar-refractivity contribution < 1.29 is 0 Å². The Hall–Kier alpha value is -3.58. The number of nitrogens with zero attached hydrogens (tertiary/aromatic N) is 1. The molecule has 0 N–H and O–H groups in total. The molecule has 0 saturated heterocycles. The first-order valence-electron chi connectivity index (χ1n) is 10.1. The van der Waals surface area contributed by atoms with Crippen LogP contribution in [0.3, 0.4) is 0 Å². The molecule has 142 valence electrons. The van der Waals surface area contributed by atoms with Crippen molar-refractivity contribution in [1.29, 1.82) is 0 Å². The number of para-hydroxylation sites is 2. The summed E-state index contributed by atoms with van der Waals surface area (Å²) in [5.74, 6) is 0. The van der Waals surface area contributed by atoms with Gasteiger partial charge >= 0.3 is 0 Å². The van der Waals surface area contributed by atoms with E-state index < -0.39 is 0 Å². The van der Waals surface area contributed by atoms with Gasteiger partial charge in [0.1, 0.15) is 0 Å². The van der Waals surface area contributed by atoms with E-state index in [9.17, 15) is 0 Å². The predicted molar refractivity (Wildman–Crippen MR) is 124 cm³/mol. The lowest BCUT2D eigenvalue weighted by Crippen LogP contribution is -2.17. The van der Waals surface area contributed by atoms with Crippen molar-refractivity contribution in [3.05, 3.63) is 139 Å². The summed E-state index contributed by atoms with van der Waals surface area (Å²) in [5.41, 5.74) is 6.22. The minimum atomic E-state index is 0.914. The molecule has 0 saturated carbocycles. The Morgan fingerprint density at radius 3 is 1.31 bits per heavy atom. The van der Waals surface area contributed by atoms with Crippen LogP contribution in [-0.4, -0.2) is 6.54 Å². The summed E-state index contributed by atoms with van der Waals surface area (Å²) < 4.78 is 0. The second kappa shape index (κ2) is 9.57. The largest absolute Gasteiger partial charge is 0.341 e. The minimum Gasteiger partial charge on any atom is -0.341 e. The molecule has 29 heavy (non-hydrogen) atoms. The second-order valence-electron chi connectivity index (χ2n) is 6.96. The van der Waals surface area contributed by atoms with Gasteiger partial charge < -0.3 is 4.90 Å². The molecule has 0 amide bonds. The Labute approximate surface area is 173 Å². The van der Waals surface area contributed by atoms with Crippen LogP contribution in [0.2, 0.25) is 0 Å². The molecule has 0 aromatic heterocycles. The van der Waals surface area contributed by atoms with Crippen molar-refractivity contribution in [2.45, 2.75) is 6.42 Å². The van der Waals surface area contributed by atoms with E-state index >= 15 is 0 Å². The molecule has 0 spiro atoms. The van der Waals surface area contributed by atoms with Gasteiger partial charge in [0.25, 0.3) is 0 Å². The lowest BCUT2D eigenvalue weighted by molar-refractivity contribution is 0.942. The lowest BCUT2D eigenvalue weighted by atomic mass is 9.97. The van der Waals surface area contributed by atoms with Gasteiger partial charge in [0.2, 0.25) is 0 Å². The van der Waals surface area contributed by atoms with Gasteiger partial charge in [-0.25, -0.2) is 0 Å². The molecule has 0 unspecified atom stereocenters. The topological polar surface area (TPSA) is 3.24 Å². The zero-order valence-electron chi connectivity index (χ0n) is 16.5. The van der Waals surface area contributed by atoms with Crippen molar-refractivity contribution in [2.75, 3.05) is 11.4 Å². The summed E-state index contributed by atoms with van der Waals surface area (Å²) in [5, 5.41) is 0. The maximum atomic E-state index is 2.38. The van der Waals surface area contributed by atoms with E-state index in [0.717, 1.165) is 13.0 Å². The van der Waals surface area contributed by atoms with Crippen LogP contribution < -0.4 is 4.90 Å². The molecule has 0 aliphatic carbocycles. The molecule has 1 nitrogen and oxygen atoms in total. The lowest BCUT2D eigenvalue weighted by Gasteiger charge is -2.24. The maximum absolute atomic E-state index is 2.38. The van der Waals surface area contributed by atoms with Gasteiger partial charge in [-0.1, -0.05) is 103 Å². The molecule has 0 radical (unpaired) electrons. The maximum Gasteiger partial charge on any atom is 0.0410 e. The number of hydrogen-bond donors (Lipinski definition) is 0. The normalized spacial score (nSPS) is 10.3. The third-order valence-corrected chi connectivity index (χ3v) is 5.01. The predicted octanol–water partition coefficient (Wildman–Crippen LogP) is 7.35. The van der Waals surface area contributed by atoms with Crippen molar-refractivity contribution in [3.63, 3.8) is 0 Å². The molecule has 1 heteroatoms. The van der Waals surface area contributed by atoms with E-state index in [-0.39, 0.29) is 0 Å². The van der Waals surface area contributed by atoms with Crippen LogP contribution in [0.25, 0.3) is 5.57 Å². The van der Waals surface area contributed by atoms with E-state index in [2.05, 4.69) is 132 Å².